The number of benzene rings is 1. The van der Waals surface area contributed by atoms with Crippen molar-refractivity contribution in [2.45, 2.75) is 25.8 Å². The Morgan fingerprint density at radius 1 is 1.35 bits per heavy atom. The van der Waals surface area contributed by atoms with Gasteiger partial charge in [-0.05, 0) is 38.0 Å². The third-order valence-corrected chi connectivity index (χ3v) is 3.01. The van der Waals surface area contributed by atoms with Gasteiger partial charge < -0.3 is 9.64 Å². The monoisotopic (exact) mass is 283 g/mol. The molecule has 0 unspecified atom stereocenters. The Bertz CT molecular complexity index is 529. The molecule has 0 aromatic heterocycles. The standard InChI is InChI=1S/C14H15F2NO3/c1-2-20-13(18)8-17(10-4-5-10)14(19)11-7-9(15)3-6-12(11)16/h3,6-7,10H,2,4-5,8H2,1H3. The van der Waals surface area contributed by atoms with E-state index < -0.39 is 23.5 Å². The van der Waals surface area contributed by atoms with Gasteiger partial charge in [0.1, 0.15) is 18.2 Å². The molecule has 0 atom stereocenters. The lowest BCUT2D eigenvalue weighted by Crippen LogP contribution is -2.38. The number of carbonyl (C=O) groups is 2. The number of halogens is 2. The summed E-state index contributed by atoms with van der Waals surface area (Å²) in [4.78, 5) is 25.0. The second-order valence-electron chi connectivity index (χ2n) is 4.59. The van der Waals surface area contributed by atoms with E-state index >= 15 is 0 Å². The molecule has 0 heterocycles. The molecule has 108 valence electrons. The van der Waals surface area contributed by atoms with Crippen molar-refractivity contribution in [2.24, 2.45) is 0 Å². The number of esters is 1. The van der Waals surface area contributed by atoms with E-state index in [0.717, 1.165) is 31.0 Å². The first-order valence-electron chi connectivity index (χ1n) is 6.44. The Morgan fingerprint density at radius 3 is 2.65 bits per heavy atom. The lowest BCUT2D eigenvalue weighted by atomic mass is 10.1. The van der Waals surface area contributed by atoms with E-state index in [-0.39, 0.29) is 24.8 Å². The SMILES string of the molecule is CCOC(=O)CN(C(=O)c1cc(F)ccc1F)C1CC1. The highest BCUT2D eigenvalue weighted by atomic mass is 19.1. The van der Waals surface area contributed by atoms with Crippen LogP contribution in [0.15, 0.2) is 18.2 Å². The van der Waals surface area contributed by atoms with E-state index in [4.69, 9.17) is 4.74 Å². The zero-order chi connectivity index (χ0) is 14.7. The van der Waals surface area contributed by atoms with Crippen LogP contribution < -0.4 is 0 Å². The summed E-state index contributed by atoms with van der Waals surface area (Å²) in [5.74, 6) is -2.73. The van der Waals surface area contributed by atoms with Crippen LogP contribution >= 0.6 is 0 Å². The Hall–Kier alpha value is -1.98. The maximum atomic E-state index is 13.6. The summed E-state index contributed by atoms with van der Waals surface area (Å²) in [5.41, 5.74) is -0.360. The summed E-state index contributed by atoms with van der Waals surface area (Å²) >= 11 is 0. The minimum atomic E-state index is -0.800. The van der Waals surface area contributed by atoms with E-state index in [1.54, 1.807) is 6.92 Å². The third-order valence-electron chi connectivity index (χ3n) is 3.01. The van der Waals surface area contributed by atoms with Crippen molar-refractivity contribution >= 4 is 11.9 Å². The Labute approximate surface area is 115 Å². The Morgan fingerprint density at radius 2 is 2.05 bits per heavy atom. The molecule has 0 saturated heterocycles. The van der Waals surface area contributed by atoms with Gasteiger partial charge in [0.05, 0.1) is 12.2 Å². The Kier molecular flexibility index (Phi) is 4.32. The van der Waals surface area contributed by atoms with Crippen molar-refractivity contribution in [3.8, 4) is 0 Å². The van der Waals surface area contributed by atoms with Gasteiger partial charge >= 0.3 is 5.97 Å². The summed E-state index contributed by atoms with van der Waals surface area (Å²) in [7, 11) is 0. The molecule has 1 aliphatic carbocycles. The smallest absolute Gasteiger partial charge is 0.325 e. The maximum absolute atomic E-state index is 13.6. The molecule has 1 saturated carbocycles. The molecular formula is C14H15F2NO3. The first kappa shape index (κ1) is 14.4. The molecule has 1 aliphatic rings. The summed E-state index contributed by atoms with van der Waals surface area (Å²) in [5, 5.41) is 0. The van der Waals surface area contributed by atoms with Crippen LogP contribution in [0.2, 0.25) is 0 Å². The van der Waals surface area contributed by atoms with Crippen molar-refractivity contribution in [1.82, 2.24) is 4.90 Å². The molecular weight excluding hydrogens is 268 g/mol. The van der Waals surface area contributed by atoms with Crippen LogP contribution in [0.25, 0.3) is 0 Å². The van der Waals surface area contributed by atoms with Gasteiger partial charge in [-0.1, -0.05) is 0 Å². The minimum Gasteiger partial charge on any atom is -0.465 e. The maximum Gasteiger partial charge on any atom is 0.325 e. The molecule has 0 aliphatic heterocycles. The van der Waals surface area contributed by atoms with Crippen molar-refractivity contribution < 1.29 is 23.1 Å². The fraction of sp³-hybridized carbons (Fsp3) is 0.429. The van der Waals surface area contributed by atoms with Crippen molar-refractivity contribution in [2.75, 3.05) is 13.2 Å². The van der Waals surface area contributed by atoms with E-state index in [1.807, 2.05) is 0 Å². The topological polar surface area (TPSA) is 46.6 Å². The molecule has 0 radical (unpaired) electrons. The number of amides is 1. The molecule has 20 heavy (non-hydrogen) atoms. The van der Waals surface area contributed by atoms with Gasteiger partial charge in [0, 0.05) is 6.04 Å². The molecule has 1 fully saturated rings. The first-order chi connectivity index (χ1) is 9.52. The quantitative estimate of drug-likeness (QED) is 0.778. The Balaban J connectivity index is 2.18. The predicted molar refractivity (Wildman–Crippen MR) is 67.0 cm³/mol. The molecule has 1 amide bonds. The van der Waals surface area contributed by atoms with Crippen molar-refractivity contribution in [3.63, 3.8) is 0 Å². The molecule has 4 nitrogen and oxygen atoms in total. The third kappa shape index (κ3) is 3.31. The first-order valence-corrected chi connectivity index (χ1v) is 6.44. The van der Waals surface area contributed by atoms with Crippen LogP contribution in [0.5, 0.6) is 0 Å². The van der Waals surface area contributed by atoms with Crippen LogP contribution in [0, 0.1) is 11.6 Å². The van der Waals surface area contributed by atoms with Gasteiger partial charge in [0.25, 0.3) is 5.91 Å². The molecule has 2 rings (SSSR count). The van der Waals surface area contributed by atoms with Crippen LogP contribution in [0.1, 0.15) is 30.1 Å². The fourth-order valence-electron chi connectivity index (χ4n) is 1.91. The lowest BCUT2D eigenvalue weighted by Gasteiger charge is -2.21. The summed E-state index contributed by atoms with van der Waals surface area (Å²) in [6.45, 7) is 1.63. The summed E-state index contributed by atoms with van der Waals surface area (Å²) < 4.78 is 31.6. The summed E-state index contributed by atoms with van der Waals surface area (Å²) in [6, 6.07) is 2.59. The highest BCUT2D eigenvalue weighted by Crippen LogP contribution is 2.28. The molecule has 0 bridgehead atoms. The molecule has 6 heteroatoms. The van der Waals surface area contributed by atoms with Gasteiger partial charge in [-0.3, -0.25) is 9.59 Å². The molecule has 1 aromatic rings. The van der Waals surface area contributed by atoms with Gasteiger partial charge in [-0.2, -0.15) is 0 Å². The van der Waals surface area contributed by atoms with Gasteiger partial charge in [0.15, 0.2) is 0 Å². The van der Waals surface area contributed by atoms with Crippen LogP contribution in [-0.2, 0) is 9.53 Å². The lowest BCUT2D eigenvalue weighted by molar-refractivity contribution is -0.144. The van der Waals surface area contributed by atoms with Crippen LogP contribution in [-0.4, -0.2) is 36.0 Å². The van der Waals surface area contributed by atoms with Crippen LogP contribution in [0.4, 0.5) is 8.78 Å². The number of hydrogen-bond acceptors (Lipinski definition) is 3. The van der Waals surface area contributed by atoms with E-state index in [1.165, 1.54) is 4.90 Å². The predicted octanol–water partition coefficient (Wildman–Crippen LogP) is 2.13. The van der Waals surface area contributed by atoms with Crippen molar-refractivity contribution in [3.05, 3.63) is 35.4 Å². The second kappa shape index (κ2) is 5.98. The van der Waals surface area contributed by atoms with E-state index in [2.05, 4.69) is 0 Å². The van der Waals surface area contributed by atoms with Gasteiger partial charge in [0.2, 0.25) is 0 Å². The number of nitrogens with zero attached hydrogens (tertiary/aromatic N) is 1. The normalized spacial score (nSPS) is 13.9. The second-order valence-corrected chi connectivity index (χ2v) is 4.59. The molecule has 0 spiro atoms. The molecule has 1 aromatic carbocycles. The summed E-state index contributed by atoms with van der Waals surface area (Å²) in [6.07, 6.45) is 1.50. The average molecular weight is 283 g/mol. The number of ether oxygens (including phenoxy) is 1. The molecule has 0 N–H and O–H groups in total. The zero-order valence-electron chi connectivity index (χ0n) is 11.1. The van der Waals surface area contributed by atoms with E-state index in [0.29, 0.717) is 0 Å². The van der Waals surface area contributed by atoms with Crippen molar-refractivity contribution in [1.29, 1.82) is 0 Å². The van der Waals surface area contributed by atoms with Gasteiger partial charge in [-0.25, -0.2) is 8.78 Å². The van der Waals surface area contributed by atoms with Gasteiger partial charge in [-0.15, -0.1) is 0 Å². The zero-order valence-corrected chi connectivity index (χ0v) is 11.1. The fourth-order valence-corrected chi connectivity index (χ4v) is 1.91. The van der Waals surface area contributed by atoms with Crippen LogP contribution in [0.3, 0.4) is 0 Å². The average Bonchev–Trinajstić information content (AvgIpc) is 3.23. The number of carbonyl (C=O) groups excluding carboxylic acids is 2. The minimum absolute atomic E-state index is 0.102. The highest BCUT2D eigenvalue weighted by Gasteiger charge is 2.35. The number of rotatable bonds is 5. The highest BCUT2D eigenvalue weighted by molar-refractivity contribution is 5.96. The largest absolute Gasteiger partial charge is 0.465 e. The van der Waals surface area contributed by atoms with E-state index in [9.17, 15) is 18.4 Å². The number of hydrogen-bond donors (Lipinski definition) is 0.